The molecule has 100 valence electrons. The van der Waals surface area contributed by atoms with Crippen molar-refractivity contribution in [3.05, 3.63) is 35.9 Å². The summed E-state index contributed by atoms with van der Waals surface area (Å²) >= 11 is 1.61. The number of hydrogen-bond donors (Lipinski definition) is 3. The van der Waals surface area contributed by atoms with Crippen LogP contribution >= 0.6 is 11.8 Å². The SMILES string of the molecule is CNC(CSCCCO)(C(N)=O)c1ccccc1. The van der Waals surface area contributed by atoms with Gasteiger partial charge in [0.25, 0.3) is 0 Å². The number of primary amides is 1. The first-order valence-electron chi connectivity index (χ1n) is 5.90. The lowest BCUT2D eigenvalue weighted by atomic mass is 9.91. The number of aliphatic hydroxyl groups is 1. The number of likely N-dealkylation sites (N-methyl/N-ethyl adjacent to an activating group) is 1. The maximum absolute atomic E-state index is 11.8. The Kier molecular flexibility index (Phi) is 6.18. The standard InChI is InChI=1S/C13H20N2O2S/c1-15-13(12(14)17,10-18-9-5-8-16)11-6-3-2-4-7-11/h2-4,6-7,15-16H,5,8-10H2,1H3,(H2,14,17). The predicted molar refractivity (Wildman–Crippen MR) is 75.4 cm³/mol. The molecule has 1 aromatic rings. The third-order valence-electron chi connectivity index (χ3n) is 2.88. The summed E-state index contributed by atoms with van der Waals surface area (Å²) in [6.45, 7) is 0.168. The number of thioether (sulfide) groups is 1. The van der Waals surface area contributed by atoms with Gasteiger partial charge in [0.1, 0.15) is 5.54 Å². The molecule has 0 radical (unpaired) electrons. The van der Waals surface area contributed by atoms with Gasteiger partial charge in [0.05, 0.1) is 0 Å². The maximum Gasteiger partial charge on any atom is 0.243 e. The van der Waals surface area contributed by atoms with Crippen LogP contribution in [0.2, 0.25) is 0 Å². The van der Waals surface area contributed by atoms with Gasteiger partial charge in [0.2, 0.25) is 5.91 Å². The summed E-state index contributed by atoms with van der Waals surface area (Å²) in [6, 6.07) is 9.48. The lowest BCUT2D eigenvalue weighted by Gasteiger charge is -2.30. The summed E-state index contributed by atoms with van der Waals surface area (Å²) < 4.78 is 0. The van der Waals surface area contributed by atoms with E-state index in [2.05, 4.69) is 5.32 Å². The van der Waals surface area contributed by atoms with Crippen LogP contribution < -0.4 is 11.1 Å². The van der Waals surface area contributed by atoms with Crippen LogP contribution in [0, 0.1) is 0 Å². The van der Waals surface area contributed by atoms with Crippen molar-refractivity contribution < 1.29 is 9.90 Å². The van der Waals surface area contributed by atoms with E-state index in [1.54, 1.807) is 18.8 Å². The van der Waals surface area contributed by atoms with Crippen molar-refractivity contribution in [1.29, 1.82) is 0 Å². The number of carbonyl (C=O) groups excluding carboxylic acids is 1. The summed E-state index contributed by atoms with van der Waals surface area (Å²) in [4.78, 5) is 11.8. The van der Waals surface area contributed by atoms with Gasteiger partial charge < -0.3 is 16.2 Å². The zero-order valence-corrected chi connectivity index (χ0v) is 11.4. The Morgan fingerprint density at radius 1 is 1.44 bits per heavy atom. The summed E-state index contributed by atoms with van der Waals surface area (Å²) in [7, 11) is 1.74. The number of nitrogens with one attached hydrogen (secondary N) is 1. The summed E-state index contributed by atoms with van der Waals surface area (Å²) in [5.41, 5.74) is 5.59. The van der Waals surface area contributed by atoms with E-state index in [0.717, 1.165) is 17.7 Å². The Morgan fingerprint density at radius 3 is 2.61 bits per heavy atom. The molecule has 0 saturated heterocycles. The molecule has 0 aliphatic carbocycles. The molecule has 0 aromatic heterocycles. The van der Waals surface area contributed by atoms with E-state index >= 15 is 0 Å². The minimum Gasteiger partial charge on any atom is -0.396 e. The van der Waals surface area contributed by atoms with Crippen LogP contribution in [0.1, 0.15) is 12.0 Å². The van der Waals surface area contributed by atoms with Gasteiger partial charge in [-0.3, -0.25) is 4.79 Å². The molecular weight excluding hydrogens is 248 g/mol. The zero-order valence-electron chi connectivity index (χ0n) is 10.6. The summed E-state index contributed by atoms with van der Waals surface area (Å²) in [5.74, 6) is 0.982. The maximum atomic E-state index is 11.8. The summed E-state index contributed by atoms with van der Waals surface area (Å²) in [5, 5.41) is 11.8. The number of amides is 1. The fraction of sp³-hybridized carbons (Fsp3) is 0.462. The molecule has 0 aliphatic heterocycles. The number of carbonyl (C=O) groups is 1. The van der Waals surface area contributed by atoms with E-state index in [1.165, 1.54) is 0 Å². The van der Waals surface area contributed by atoms with E-state index in [1.807, 2.05) is 30.3 Å². The quantitative estimate of drug-likeness (QED) is 0.607. The highest BCUT2D eigenvalue weighted by Gasteiger charge is 2.36. The first-order valence-corrected chi connectivity index (χ1v) is 7.06. The van der Waals surface area contributed by atoms with E-state index in [0.29, 0.717) is 5.75 Å². The second kappa shape index (κ2) is 7.41. The van der Waals surface area contributed by atoms with Gasteiger partial charge in [-0.05, 0) is 24.8 Å². The number of rotatable bonds is 8. The van der Waals surface area contributed by atoms with Gasteiger partial charge in [-0.15, -0.1) is 0 Å². The molecule has 0 spiro atoms. The average molecular weight is 268 g/mol. The van der Waals surface area contributed by atoms with Crippen molar-refractivity contribution in [2.24, 2.45) is 5.73 Å². The first kappa shape index (κ1) is 15.0. The van der Waals surface area contributed by atoms with Gasteiger partial charge in [-0.25, -0.2) is 0 Å². The Hall–Kier alpha value is -1.04. The molecule has 5 heteroatoms. The Balaban J connectivity index is 2.85. The zero-order chi connectivity index (χ0) is 13.4. The minimum atomic E-state index is -0.846. The molecule has 4 N–H and O–H groups in total. The molecule has 0 aliphatic rings. The van der Waals surface area contributed by atoms with Crippen LogP contribution in [-0.2, 0) is 10.3 Å². The van der Waals surface area contributed by atoms with Crippen molar-refractivity contribution in [1.82, 2.24) is 5.32 Å². The molecule has 0 saturated carbocycles. The molecule has 0 bridgehead atoms. The molecule has 1 aromatic carbocycles. The van der Waals surface area contributed by atoms with E-state index < -0.39 is 5.54 Å². The van der Waals surface area contributed by atoms with E-state index in [4.69, 9.17) is 10.8 Å². The Labute approximate surface area is 112 Å². The lowest BCUT2D eigenvalue weighted by Crippen LogP contribution is -2.53. The molecule has 18 heavy (non-hydrogen) atoms. The second-order valence-corrected chi connectivity index (χ2v) is 5.12. The van der Waals surface area contributed by atoms with Crippen molar-refractivity contribution >= 4 is 17.7 Å². The predicted octanol–water partition coefficient (Wildman–Crippen LogP) is 0.702. The minimum absolute atomic E-state index is 0.168. The molecule has 1 atom stereocenters. The Morgan fingerprint density at radius 2 is 2.11 bits per heavy atom. The van der Waals surface area contributed by atoms with Crippen LogP contribution in [0.3, 0.4) is 0 Å². The van der Waals surface area contributed by atoms with Crippen molar-refractivity contribution in [2.75, 3.05) is 25.2 Å². The largest absolute Gasteiger partial charge is 0.396 e. The van der Waals surface area contributed by atoms with Crippen molar-refractivity contribution in [3.8, 4) is 0 Å². The second-order valence-electron chi connectivity index (χ2n) is 4.02. The van der Waals surface area contributed by atoms with Gasteiger partial charge in [0, 0.05) is 12.4 Å². The lowest BCUT2D eigenvalue weighted by molar-refractivity contribution is -0.123. The van der Waals surface area contributed by atoms with Crippen LogP contribution in [0.4, 0.5) is 0 Å². The van der Waals surface area contributed by atoms with E-state index in [-0.39, 0.29) is 12.5 Å². The van der Waals surface area contributed by atoms with Crippen LogP contribution in [0.15, 0.2) is 30.3 Å². The third kappa shape index (κ3) is 3.48. The molecule has 0 heterocycles. The summed E-state index contributed by atoms with van der Waals surface area (Å²) in [6.07, 6.45) is 0.720. The van der Waals surface area contributed by atoms with Gasteiger partial charge in [0.15, 0.2) is 0 Å². The topological polar surface area (TPSA) is 75.3 Å². The van der Waals surface area contributed by atoms with Gasteiger partial charge in [-0.2, -0.15) is 11.8 Å². The normalized spacial score (nSPS) is 14.1. The first-order chi connectivity index (χ1) is 8.67. The number of aliphatic hydroxyl groups excluding tert-OH is 1. The van der Waals surface area contributed by atoms with Crippen LogP contribution in [0.25, 0.3) is 0 Å². The average Bonchev–Trinajstić information content (AvgIpc) is 2.40. The highest BCUT2D eigenvalue weighted by molar-refractivity contribution is 7.99. The fourth-order valence-electron chi connectivity index (χ4n) is 1.75. The smallest absolute Gasteiger partial charge is 0.243 e. The van der Waals surface area contributed by atoms with Crippen LogP contribution in [-0.4, -0.2) is 36.2 Å². The highest BCUT2D eigenvalue weighted by Crippen LogP contribution is 2.25. The molecule has 0 fully saturated rings. The highest BCUT2D eigenvalue weighted by atomic mass is 32.2. The van der Waals surface area contributed by atoms with Crippen molar-refractivity contribution in [3.63, 3.8) is 0 Å². The van der Waals surface area contributed by atoms with Gasteiger partial charge >= 0.3 is 0 Å². The molecule has 1 rings (SSSR count). The number of nitrogens with two attached hydrogens (primary N) is 1. The number of hydrogen-bond acceptors (Lipinski definition) is 4. The monoisotopic (exact) mass is 268 g/mol. The molecular formula is C13H20N2O2S. The van der Waals surface area contributed by atoms with E-state index in [9.17, 15) is 4.79 Å². The van der Waals surface area contributed by atoms with Crippen LogP contribution in [0.5, 0.6) is 0 Å². The molecule has 1 amide bonds. The Bertz CT molecular complexity index is 373. The third-order valence-corrected chi connectivity index (χ3v) is 4.09. The van der Waals surface area contributed by atoms with Crippen molar-refractivity contribution in [2.45, 2.75) is 12.0 Å². The fourth-order valence-corrected chi connectivity index (χ4v) is 2.99. The molecule has 4 nitrogen and oxygen atoms in total. The molecule has 1 unspecified atom stereocenters. The van der Waals surface area contributed by atoms with Gasteiger partial charge in [-0.1, -0.05) is 30.3 Å². The number of benzene rings is 1.